The van der Waals surface area contributed by atoms with Gasteiger partial charge in [-0.25, -0.2) is 9.97 Å². The Morgan fingerprint density at radius 1 is 1.19 bits per heavy atom. The molecule has 0 unspecified atom stereocenters. The van der Waals surface area contributed by atoms with Crippen LogP contribution in [0, 0.1) is 11.8 Å². The van der Waals surface area contributed by atoms with Crippen LogP contribution >= 0.6 is 0 Å². The van der Waals surface area contributed by atoms with Gasteiger partial charge in [-0.05, 0) is 18.2 Å². The highest BCUT2D eigenvalue weighted by atomic mass is 16.5. The molecular weight excluding hydrogens is 394 g/mol. The zero-order valence-corrected chi connectivity index (χ0v) is 17.9. The summed E-state index contributed by atoms with van der Waals surface area (Å²) in [6.07, 6.45) is 3.89. The topological polar surface area (TPSA) is 115 Å². The average molecular weight is 419 g/mol. The van der Waals surface area contributed by atoms with E-state index in [2.05, 4.69) is 32.1 Å². The van der Waals surface area contributed by atoms with Gasteiger partial charge in [0, 0.05) is 36.0 Å². The van der Waals surface area contributed by atoms with E-state index in [1.54, 1.807) is 26.5 Å². The maximum Gasteiger partial charge on any atom is 0.161 e. The molecule has 0 aliphatic heterocycles. The Hall–Kier alpha value is -3.83. The highest BCUT2D eigenvalue weighted by Crippen LogP contribution is 2.25. The number of rotatable bonds is 7. The minimum atomic E-state index is 0.249. The van der Waals surface area contributed by atoms with E-state index in [4.69, 9.17) is 15.2 Å². The van der Waals surface area contributed by atoms with Crippen LogP contribution in [0.5, 0.6) is 11.5 Å². The summed E-state index contributed by atoms with van der Waals surface area (Å²) < 4.78 is 10.6. The molecule has 0 saturated heterocycles. The van der Waals surface area contributed by atoms with Crippen LogP contribution in [0.3, 0.4) is 0 Å². The highest BCUT2D eigenvalue weighted by molar-refractivity contribution is 5.93. The van der Waals surface area contributed by atoms with Crippen molar-refractivity contribution in [3.05, 3.63) is 47.4 Å². The number of hydrogen-bond donors (Lipinski definition) is 3. The number of carbonyl (C=O) groups is 1. The third kappa shape index (κ3) is 5.21. The minimum absolute atomic E-state index is 0.249. The summed E-state index contributed by atoms with van der Waals surface area (Å²) in [4.78, 5) is 23.1. The van der Waals surface area contributed by atoms with Crippen LogP contribution in [-0.4, -0.2) is 48.0 Å². The number of aldehydes is 1. The Bertz CT molecular complexity index is 1160. The smallest absolute Gasteiger partial charge is 0.161 e. The van der Waals surface area contributed by atoms with Crippen molar-refractivity contribution < 1.29 is 14.3 Å². The van der Waals surface area contributed by atoms with Crippen molar-refractivity contribution in [2.24, 2.45) is 0 Å². The van der Waals surface area contributed by atoms with Crippen LogP contribution in [0.2, 0.25) is 0 Å². The second kappa shape index (κ2) is 9.78. The summed E-state index contributed by atoms with van der Waals surface area (Å²) >= 11 is 0. The van der Waals surface area contributed by atoms with Crippen LogP contribution in [0.25, 0.3) is 16.6 Å². The molecule has 2 aromatic heterocycles. The lowest BCUT2D eigenvalue weighted by atomic mass is 10.1. The Morgan fingerprint density at radius 2 is 1.90 bits per heavy atom. The van der Waals surface area contributed by atoms with Crippen molar-refractivity contribution in [1.29, 1.82) is 0 Å². The molecule has 0 atom stereocenters. The van der Waals surface area contributed by atoms with Gasteiger partial charge in [-0.15, -0.1) is 0 Å². The van der Waals surface area contributed by atoms with Crippen molar-refractivity contribution in [2.45, 2.75) is 19.9 Å². The summed E-state index contributed by atoms with van der Waals surface area (Å²) in [7, 11) is 3.18. The molecule has 8 heteroatoms. The van der Waals surface area contributed by atoms with Crippen molar-refractivity contribution >= 4 is 28.7 Å². The second-order valence-electron chi connectivity index (χ2n) is 7.07. The number of nitrogens with two attached hydrogens (primary N) is 1. The van der Waals surface area contributed by atoms with E-state index in [0.29, 0.717) is 46.0 Å². The molecule has 0 radical (unpaired) electrons. The maximum atomic E-state index is 11.1. The lowest BCUT2D eigenvalue weighted by Gasteiger charge is -2.11. The normalized spacial score (nSPS) is 11.3. The molecule has 0 saturated carbocycles. The fourth-order valence-electron chi connectivity index (χ4n) is 2.93. The van der Waals surface area contributed by atoms with Crippen LogP contribution in [-0.2, 0) is 4.79 Å². The quantitative estimate of drug-likeness (QED) is 0.306. The SMILES string of the molecule is COc1cc(C#Cc2c[nH]c3nc(C(=CC=O)CNC(C)C)nc(N)c23)cc(OC)c1. The van der Waals surface area contributed by atoms with Gasteiger partial charge in [0.1, 0.15) is 29.3 Å². The van der Waals surface area contributed by atoms with Gasteiger partial charge in [-0.2, -0.15) is 0 Å². The van der Waals surface area contributed by atoms with Crippen LogP contribution in [0.15, 0.2) is 30.5 Å². The minimum Gasteiger partial charge on any atom is -0.497 e. The number of nitrogens with one attached hydrogen (secondary N) is 2. The number of anilines is 1. The van der Waals surface area contributed by atoms with Crippen molar-refractivity contribution in [2.75, 3.05) is 26.5 Å². The number of methoxy groups -OCH3 is 2. The van der Waals surface area contributed by atoms with Gasteiger partial charge in [0.25, 0.3) is 0 Å². The predicted molar refractivity (Wildman–Crippen MR) is 121 cm³/mol. The molecule has 0 fully saturated rings. The standard InChI is InChI=1S/C23H25N5O3/c1-14(2)25-13-17(7-8-29)22-27-21(24)20-16(12-26-23(20)28-22)6-5-15-9-18(30-3)11-19(10-15)31-4/h7-12,14,25H,13H2,1-4H3,(H3,24,26,27,28). The summed E-state index contributed by atoms with van der Waals surface area (Å²) in [6, 6.07) is 5.67. The zero-order chi connectivity index (χ0) is 22.4. The average Bonchev–Trinajstić information content (AvgIpc) is 3.18. The molecule has 1 aromatic carbocycles. The van der Waals surface area contributed by atoms with Gasteiger partial charge < -0.3 is 25.5 Å². The highest BCUT2D eigenvalue weighted by Gasteiger charge is 2.14. The van der Waals surface area contributed by atoms with E-state index in [-0.39, 0.29) is 11.9 Å². The first kappa shape index (κ1) is 21.9. The van der Waals surface area contributed by atoms with E-state index in [9.17, 15) is 4.79 Å². The molecule has 31 heavy (non-hydrogen) atoms. The number of ether oxygens (including phenoxy) is 2. The second-order valence-corrected chi connectivity index (χ2v) is 7.07. The number of fused-ring (bicyclic) bond motifs is 1. The zero-order valence-electron chi connectivity index (χ0n) is 17.9. The third-order valence-electron chi connectivity index (χ3n) is 4.51. The molecule has 4 N–H and O–H groups in total. The lowest BCUT2D eigenvalue weighted by Crippen LogP contribution is -2.25. The van der Waals surface area contributed by atoms with Gasteiger partial charge in [-0.3, -0.25) is 4.79 Å². The number of benzene rings is 1. The molecule has 0 spiro atoms. The molecule has 2 heterocycles. The summed E-state index contributed by atoms with van der Waals surface area (Å²) in [5.41, 5.74) is 8.85. The van der Waals surface area contributed by atoms with Crippen molar-refractivity contribution in [3.63, 3.8) is 0 Å². The summed E-state index contributed by atoms with van der Waals surface area (Å²) in [5.74, 6) is 8.19. The van der Waals surface area contributed by atoms with Crippen molar-refractivity contribution in [3.8, 4) is 23.3 Å². The van der Waals surface area contributed by atoms with E-state index < -0.39 is 0 Å². The molecule has 3 aromatic rings. The van der Waals surface area contributed by atoms with E-state index in [1.807, 2.05) is 26.0 Å². The number of nitrogens with zero attached hydrogens (tertiary/aromatic N) is 2. The van der Waals surface area contributed by atoms with E-state index in [0.717, 1.165) is 11.8 Å². The number of allylic oxidation sites excluding steroid dienone is 1. The van der Waals surface area contributed by atoms with Gasteiger partial charge in [-0.1, -0.05) is 25.7 Å². The Labute approximate surface area is 180 Å². The molecule has 0 aliphatic carbocycles. The number of carbonyl (C=O) groups excluding carboxylic acids is 1. The summed E-state index contributed by atoms with van der Waals surface area (Å²) in [5, 5.41) is 3.89. The third-order valence-corrected chi connectivity index (χ3v) is 4.51. The van der Waals surface area contributed by atoms with Gasteiger partial charge in [0.05, 0.1) is 25.2 Å². The number of nitrogen functional groups attached to an aromatic ring is 1. The van der Waals surface area contributed by atoms with Crippen LogP contribution < -0.4 is 20.5 Å². The number of aromatic nitrogens is 3. The van der Waals surface area contributed by atoms with E-state index >= 15 is 0 Å². The Morgan fingerprint density at radius 3 is 2.52 bits per heavy atom. The number of aromatic amines is 1. The number of hydrogen-bond acceptors (Lipinski definition) is 7. The molecule has 0 amide bonds. The first-order valence-electron chi connectivity index (χ1n) is 9.73. The fourth-order valence-corrected chi connectivity index (χ4v) is 2.93. The summed E-state index contributed by atoms with van der Waals surface area (Å²) in [6.45, 7) is 4.49. The fraction of sp³-hybridized carbons (Fsp3) is 0.261. The maximum absolute atomic E-state index is 11.1. The largest absolute Gasteiger partial charge is 0.497 e. The van der Waals surface area contributed by atoms with Crippen LogP contribution in [0.1, 0.15) is 30.8 Å². The van der Waals surface area contributed by atoms with Gasteiger partial charge in [0.2, 0.25) is 0 Å². The number of H-pyrrole nitrogens is 1. The van der Waals surface area contributed by atoms with Gasteiger partial charge >= 0.3 is 0 Å². The van der Waals surface area contributed by atoms with Crippen molar-refractivity contribution in [1.82, 2.24) is 20.3 Å². The monoisotopic (exact) mass is 419 g/mol. The lowest BCUT2D eigenvalue weighted by molar-refractivity contribution is -0.104. The van der Waals surface area contributed by atoms with Gasteiger partial charge in [0.15, 0.2) is 5.82 Å². The molecule has 0 bridgehead atoms. The predicted octanol–water partition coefficient (Wildman–Crippen LogP) is 2.54. The Balaban J connectivity index is 1.98. The molecule has 160 valence electrons. The molecule has 0 aliphatic rings. The molecule has 8 nitrogen and oxygen atoms in total. The molecule has 3 rings (SSSR count). The first-order chi connectivity index (χ1) is 14.9. The van der Waals surface area contributed by atoms with Crippen LogP contribution in [0.4, 0.5) is 5.82 Å². The molecular formula is C23H25N5O3. The first-order valence-corrected chi connectivity index (χ1v) is 9.73. The Kier molecular flexibility index (Phi) is 6.90. The van der Waals surface area contributed by atoms with E-state index in [1.165, 1.54) is 6.08 Å².